The highest BCUT2D eigenvalue weighted by atomic mass is 16.5. The van der Waals surface area contributed by atoms with Gasteiger partial charge in [-0.25, -0.2) is 4.98 Å². The first-order chi connectivity index (χ1) is 11.7. The van der Waals surface area contributed by atoms with Gasteiger partial charge >= 0.3 is 0 Å². The molecule has 2 rings (SSSR count). The molecule has 8 nitrogen and oxygen atoms in total. The van der Waals surface area contributed by atoms with Gasteiger partial charge in [-0.2, -0.15) is 0 Å². The highest BCUT2D eigenvalue weighted by Crippen LogP contribution is 2.28. The molecule has 0 spiro atoms. The predicted molar refractivity (Wildman–Crippen MR) is 85.3 cm³/mol. The molecule has 0 atom stereocenters. The van der Waals surface area contributed by atoms with E-state index in [0.717, 1.165) is 19.3 Å². The summed E-state index contributed by atoms with van der Waals surface area (Å²) in [6, 6.07) is 0. The zero-order valence-corrected chi connectivity index (χ0v) is 14.2. The first-order valence-electron chi connectivity index (χ1n) is 8.15. The fourth-order valence-corrected chi connectivity index (χ4v) is 2.39. The maximum atomic E-state index is 12.5. The number of oxazole rings is 1. The zero-order valence-electron chi connectivity index (χ0n) is 14.2. The van der Waals surface area contributed by atoms with Crippen LogP contribution in [0.3, 0.4) is 0 Å². The van der Waals surface area contributed by atoms with Crippen LogP contribution in [0.15, 0.2) is 10.7 Å². The zero-order chi connectivity index (χ0) is 17.4. The topological polar surface area (TPSA) is 93.9 Å². The minimum atomic E-state index is -0.323. The van der Waals surface area contributed by atoms with Crippen LogP contribution >= 0.6 is 0 Å². The van der Waals surface area contributed by atoms with Crippen LogP contribution in [0.1, 0.15) is 35.6 Å². The van der Waals surface area contributed by atoms with E-state index in [2.05, 4.69) is 10.3 Å². The van der Waals surface area contributed by atoms with Crippen molar-refractivity contribution < 1.29 is 23.5 Å². The molecule has 1 saturated carbocycles. The minimum absolute atomic E-state index is 0.0913. The molecule has 0 aromatic carbocycles. The number of nitrogens with one attached hydrogen (secondary N) is 1. The number of methoxy groups -OCH3 is 2. The summed E-state index contributed by atoms with van der Waals surface area (Å²) >= 11 is 0. The highest BCUT2D eigenvalue weighted by Gasteiger charge is 2.30. The standard InChI is InChI=1S/C16H25N3O5/c1-22-8-6-17-15(20)13-11-24-14(18-13)10-19(7-9-23-2)16(21)12-4-3-5-12/h11-12H,3-10H2,1-2H3,(H,17,20). The second kappa shape index (κ2) is 9.39. The Balaban J connectivity index is 1.93. The average Bonchev–Trinajstić information content (AvgIpc) is 2.98. The molecule has 1 aliphatic carbocycles. The molecule has 134 valence electrons. The summed E-state index contributed by atoms with van der Waals surface area (Å²) in [5.41, 5.74) is 0.198. The van der Waals surface area contributed by atoms with E-state index in [-0.39, 0.29) is 30.0 Å². The van der Waals surface area contributed by atoms with Crippen LogP contribution in [-0.4, -0.2) is 62.2 Å². The van der Waals surface area contributed by atoms with Crippen LogP contribution in [-0.2, 0) is 20.8 Å². The van der Waals surface area contributed by atoms with Gasteiger partial charge in [-0.3, -0.25) is 9.59 Å². The number of rotatable bonds is 10. The fraction of sp³-hybridized carbons (Fsp3) is 0.688. The van der Waals surface area contributed by atoms with E-state index in [1.165, 1.54) is 6.26 Å². The van der Waals surface area contributed by atoms with Crippen molar-refractivity contribution in [2.75, 3.05) is 40.5 Å². The Hall–Kier alpha value is -1.93. The molecule has 1 aromatic heterocycles. The monoisotopic (exact) mass is 339 g/mol. The molecule has 0 unspecified atom stereocenters. The third-order valence-electron chi connectivity index (χ3n) is 4.03. The van der Waals surface area contributed by atoms with E-state index < -0.39 is 0 Å². The van der Waals surface area contributed by atoms with Crippen molar-refractivity contribution in [3.63, 3.8) is 0 Å². The van der Waals surface area contributed by atoms with Crippen molar-refractivity contribution >= 4 is 11.8 Å². The predicted octanol–water partition coefficient (Wildman–Crippen LogP) is 0.826. The summed E-state index contributed by atoms with van der Waals surface area (Å²) in [5, 5.41) is 2.67. The average molecular weight is 339 g/mol. The summed E-state index contributed by atoms with van der Waals surface area (Å²) < 4.78 is 15.3. The van der Waals surface area contributed by atoms with Gasteiger partial charge in [0.05, 0.1) is 19.8 Å². The molecule has 8 heteroatoms. The molecular weight excluding hydrogens is 314 g/mol. The van der Waals surface area contributed by atoms with Crippen LogP contribution in [0.25, 0.3) is 0 Å². The van der Waals surface area contributed by atoms with E-state index in [1.807, 2.05) is 0 Å². The maximum absolute atomic E-state index is 12.5. The van der Waals surface area contributed by atoms with Gasteiger partial charge in [-0.15, -0.1) is 0 Å². The summed E-state index contributed by atoms with van der Waals surface area (Å²) in [6.45, 7) is 1.99. The number of carbonyl (C=O) groups excluding carboxylic acids is 2. The van der Waals surface area contributed by atoms with Crippen molar-refractivity contribution in [3.8, 4) is 0 Å². The van der Waals surface area contributed by atoms with Gasteiger partial charge in [0.2, 0.25) is 11.8 Å². The first kappa shape index (κ1) is 18.4. The largest absolute Gasteiger partial charge is 0.446 e. The Bertz CT molecular complexity index is 542. The van der Waals surface area contributed by atoms with Crippen molar-refractivity contribution in [2.45, 2.75) is 25.8 Å². The van der Waals surface area contributed by atoms with E-state index in [4.69, 9.17) is 13.9 Å². The molecule has 1 aromatic rings. The summed E-state index contributed by atoms with van der Waals surface area (Å²) in [5.74, 6) is 0.211. The molecule has 1 aliphatic rings. The first-order valence-corrected chi connectivity index (χ1v) is 8.15. The number of hydrogen-bond acceptors (Lipinski definition) is 6. The Labute approximate surface area is 141 Å². The third kappa shape index (κ3) is 5.04. The van der Waals surface area contributed by atoms with Crippen LogP contribution in [0.4, 0.5) is 0 Å². The maximum Gasteiger partial charge on any atom is 0.273 e. The van der Waals surface area contributed by atoms with Gasteiger partial charge in [0.25, 0.3) is 5.91 Å². The smallest absolute Gasteiger partial charge is 0.273 e. The Morgan fingerprint density at radius 3 is 2.71 bits per heavy atom. The lowest BCUT2D eigenvalue weighted by Gasteiger charge is -2.30. The molecule has 0 aliphatic heterocycles. The van der Waals surface area contributed by atoms with Crippen LogP contribution in [0.5, 0.6) is 0 Å². The van der Waals surface area contributed by atoms with Crippen LogP contribution in [0.2, 0.25) is 0 Å². The Kier molecular flexibility index (Phi) is 7.20. The lowest BCUT2D eigenvalue weighted by atomic mass is 9.84. The molecule has 0 saturated heterocycles. The summed E-state index contributed by atoms with van der Waals surface area (Å²) in [4.78, 5) is 30.2. The number of amides is 2. The molecule has 1 heterocycles. The second-order valence-electron chi connectivity index (χ2n) is 5.76. The van der Waals surface area contributed by atoms with Crippen molar-refractivity contribution in [1.29, 1.82) is 0 Å². The lowest BCUT2D eigenvalue weighted by molar-refractivity contribution is -0.139. The van der Waals surface area contributed by atoms with Gasteiger partial charge in [-0.05, 0) is 12.8 Å². The van der Waals surface area contributed by atoms with E-state index in [9.17, 15) is 9.59 Å². The van der Waals surface area contributed by atoms with E-state index >= 15 is 0 Å². The van der Waals surface area contributed by atoms with Gasteiger partial charge < -0.3 is 24.1 Å². The molecular formula is C16H25N3O5. The summed E-state index contributed by atoms with van der Waals surface area (Å²) in [7, 11) is 3.16. The fourth-order valence-electron chi connectivity index (χ4n) is 2.39. The van der Waals surface area contributed by atoms with Crippen molar-refractivity contribution in [1.82, 2.24) is 15.2 Å². The number of hydrogen-bond donors (Lipinski definition) is 1. The van der Waals surface area contributed by atoms with Crippen LogP contribution < -0.4 is 5.32 Å². The van der Waals surface area contributed by atoms with Crippen molar-refractivity contribution in [2.24, 2.45) is 5.92 Å². The van der Waals surface area contributed by atoms with Gasteiger partial charge in [0, 0.05) is 33.2 Å². The third-order valence-corrected chi connectivity index (χ3v) is 4.03. The molecule has 24 heavy (non-hydrogen) atoms. The minimum Gasteiger partial charge on any atom is -0.446 e. The van der Waals surface area contributed by atoms with Gasteiger partial charge in [0.15, 0.2) is 5.69 Å². The Morgan fingerprint density at radius 2 is 2.08 bits per heavy atom. The second-order valence-corrected chi connectivity index (χ2v) is 5.76. The number of carbonyl (C=O) groups is 2. The molecule has 1 N–H and O–H groups in total. The summed E-state index contributed by atoms with van der Waals surface area (Å²) in [6.07, 6.45) is 4.27. The quantitative estimate of drug-likeness (QED) is 0.635. The molecule has 0 bridgehead atoms. The molecule has 1 fully saturated rings. The van der Waals surface area contributed by atoms with Crippen LogP contribution in [0, 0.1) is 5.92 Å². The number of aromatic nitrogens is 1. The molecule has 0 radical (unpaired) electrons. The SMILES string of the molecule is COCCNC(=O)c1coc(CN(CCOC)C(=O)C2CCC2)n1. The van der Waals surface area contributed by atoms with Gasteiger partial charge in [0.1, 0.15) is 6.26 Å². The number of ether oxygens (including phenoxy) is 2. The van der Waals surface area contributed by atoms with Crippen molar-refractivity contribution in [3.05, 3.63) is 17.8 Å². The van der Waals surface area contributed by atoms with E-state index in [0.29, 0.717) is 32.2 Å². The normalized spacial score (nSPS) is 14.2. The van der Waals surface area contributed by atoms with E-state index in [1.54, 1.807) is 19.1 Å². The van der Waals surface area contributed by atoms with Gasteiger partial charge in [-0.1, -0.05) is 6.42 Å². The number of nitrogens with zero attached hydrogens (tertiary/aromatic N) is 2. The highest BCUT2D eigenvalue weighted by molar-refractivity contribution is 5.91. The Morgan fingerprint density at radius 1 is 1.33 bits per heavy atom. The molecule has 2 amide bonds. The lowest BCUT2D eigenvalue weighted by Crippen LogP contribution is -2.40.